The Morgan fingerprint density at radius 2 is 1.96 bits per heavy atom. The van der Waals surface area contributed by atoms with E-state index in [1.807, 2.05) is 0 Å². The van der Waals surface area contributed by atoms with Crippen LogP contribution in [0.4, 0.5) is 19.1 Å². The van der Waals surface area contributed by atoms with E-state index in [0.717, 1.165) is 0 Å². The minimum absolute atomic E-state index is 0.173. The van der Waals surface area contributed by atoms with Crippen molar-refractivity contribution in [2.24, 2.45) is 14.1 Å². The molecule has 0 spiro atoms. The van der Waals surface area contributed by atoms with Gasteiger partial charge in [0.2, 0.25) is 5.95 Å². The van der Waals surface area contributed by atoms with Gasteiger partial charge in [0.1, 0.15) is 6.61 Å². The number of ether oxygens (including phenoxy) is 1. The lowest BCUT2D eigenvalue weighted by atomic mass is 10.4. The van der Waals surface area contributed by atoms with Crippen molar-refractivity contribution in [3.63, 3.8) is 0 Å². The maximum Gasteiger partial charge on any atom is 0.411 e. The van der Waals surface area contributed by atoms with Crippen LogP contribution in [0.1, 0.15) is 6.92 Å². The van der Waals surface area contributed by atoms with Crippen molar-refractivity contribution < 1.29 is 17.9 Å². The molecule has 0 radical (unpaired) electrons. The highest BCUT2D eigenvalue weighted by atomic mass is 19.4. The first-order chi connectivity index (χ1) is 10.6. The average Bonchev–Trinajstić information content (AvgIpc) is 2.72. The van der Waals surface area contributed by atoms with E-state index >= 15 is 0 Å². The van der Waals surface area contributed by atoms with E-state index in [0.29, 0.717) is 0 Å². The molecule has 23 heavy (non-hydrogen) atoms. The highest BCUT2D eigenvalue weighted by molar-refractivity contribution is 5.73. The van der Waals surface area contributed by atoms with Crippen LogP contribution in [-0.2, 0) is 18.8 Å². The van der Waals surface area contributed by atoms with E-state index in [1.54, 1.807) is 14.0 Å². The summed E-state index contributed by atoms with van der Waals surface area (Å²) in [5, 5.41) is 2.85. The van der Waals surface area contributed by atoms with Crippen molar-refractivity contribution >= 4 is 17.1 Å². The Hall–Kier alpha value is -2.30. The van der Waals surface area contributed by atoms with Crippen LogP contribution in [-0.4, -0.2) is 44.5 Å². The smallest absolute Gasteiger partial charge is 0.370 e. The molecule has 1 atom stereocenters. The molecular formula is C12H16F3N5O3. The SMILES string of the molecule is CC(COCC(F)(F)F)Nc1nc2c(c(=O)[nH]c(=O)n2C)n1C. The summed E-state index contributed by atoms with van der Waals surface area (Å²) >= 11 is 0. The average molecular weight is 335 g/mol. The van der Waals surface area contributed by atoms with Gasteiger partial charge >= 0.3 is 11.9 Å². The van der Waals surface area contributed by atoms with E-state index < -0.39 is 30.1 Å². The van der Waals surface area contributed by atoms with Gasteiger partial charge in [-0.15, -0.1) is 0 Å². The highest BCUT2D eigenvalue weighted by Gasteiger charge is 2.27. The summed E-state index contributed by atoms with van der Waals surface area (Å²) in [6, 6.07) is -0.482. The van der Waals surface area contributed by atoms with Crippen LogP contribution < -0.4 is 16.6 Å². The first-order valence-electron chi connectivity index (χ1n) is 6.67. The first kappa shape index (κ1) is 17.1. The number of hydrogen-bond donors (Lipinski definition) is 2. The molecule has 0 aliphatic heterocycles. The minimum Gasteiger partial charge on any atom is -0.370 e. The normalized spacial score (nSPS) is 13.5. The number of aryl methyl sites for hydroxylation is 2. The van der Waals surface area contributed by atoms with Gasteiger partial charge in [-0.2, -0.15) is 18.2 Å². The van der Waals surface area contributed by atoms with Crippen LogP contribution in [0.2, 0.25) is 0 Å². The number of fused-ring (bicyclic) bond motifs is 1. The van der Waals surface area contributed by atoms with Crippen LogP contribution in [0.5, 0.6) is 0 Å². The summed E-state index contributed by atoms with van der Waals surface area (Å²) in [4.78, 5) is 29.7. The van der Waals surface area contributed by atoms with Crippen molar-refractivity contribution in [1.82, 2.24) is 19.1 Å². The molecule has 1 unspecified atom stereocenters. The Morgan fingerprint density at radius 1 is 1.30 bits per heavy atom. The number of H-pyrrole nitrogens is 1. The number of halogens is 3. The Balaban J connectivity index is 2.20. The summed E-state index contributed by atoms with van der Waals surface area (Å²) in [6.07, 6.45) is -4.39. The van der Waals surface area contributed by atoms with Crippen LogP contribution in [0.25, 0.3) is 11.2 Å². The number of imidazole rings is 1. The number of anilines is 1. The second kappa shape index (κ2) is 6.07. The maximum atomic E-state index is 12.0. The number of nitrogens with one attached hydrogen (secondary N) is 2. The summed E-state index contributed by atoms with van der Waals surface area (Å²) < 4.78 is 43.3. The third-order valence-corrected chi connectivity index (χ3v) is 3.14. The van der Waals surface area contributed by atoms with E-state index in [2.05, 4.69) is 20.0 Å². The monoisotopic (exact) mass is 335 g/mol. The molecule has 11 heteroatoms. The third-order valence-electron chi connectivity index (χ3n) is 3.14. The van der Waals surface area contributed by atoms with Gasteiger partial charge < -0.3 is 14.6 Å². The second-order valence-corrected chi connectivity index (χ2v) is 5.16. The van der Waals surface area contributed by atoms with Crippen LogP contribution in [0.15, 0.2) is 9.59 Å². The van der Waals surface area contributed by atoms with Crippen LogP contribution >= 0.6 is 0 Å². The molecule has 8 nitrogen and oxygen atoms in total. The topological polar surface area (TPSA) is 93.9 Å². The highest BCUT2D eigenvalue weighted by Crippen LogP contribution is 2.16. The summed E-state index contributed by atoms with van der Waals surface area (Å²) in [7, 11) is 3.01. The quantitative estimate of drug-likeness (QED) is 0.822. The Bertz CT molecular complexity index is 820. The summed E-state index contributed by atoms with van der Waals surface area (Å²) in [6.45, 7) is 0.0761. The molecule has 0 aliphatic carbocycles. The van der Waals surface area contributed by atoms with Gasteiger partial charge in [0.05, 0.1) is 6.61 Å². The van der Waals surface area contributed by atoms with Gasteiger partial charge in [0.25, 0.3) is 5.56 Å². The fraction of sp³-hybridized carbons (Fsp3) is 0.583. The molecule has 2 heterocycles. The lowest BCUT2D eigenvalue weighted by molar-refractivity contribution is -0.174. The predicted octanol–water partition coefficient (Wildman–Crippen LogP) is 0.340. The zero-order valence-electron chi connectivity index (χ0n) is 12.7. The molecule has 0 bridgehead atoms. The Labute approximate surface area is 127 Å². The summed E-state index contributed by atoms with van der Waals surface area (Å²) in [5.41, 5.74) is -0.842. The van der Waals surface area contributed by atoms with E-state index in [1.165, 1.54) is 16.2 Å². The lowest BCUT2D eigenvalue weighted by Crippen LogP contribution is -2.29. The molecule has 128 valence electrons. The number of alkyl halides is 3. The predicted molar refractivity (Wildman–Crippen MR) is 76.5 cm³/mol. The molecule has 0 saturated carbocycles. The van der Waals surface area contributed by atoms with E-state index in [9.17, 15) is 22.8 Å². The standard InChI is InChI=1S/C12H16F3N5O3/c1-6(4-23-5-12(13,14)15)16-10-17-8-7(19(10)2)9(21)18-11(22)20(8)3/h6H,4-5H2,1-3H3,(H,16,17)(H,18,21,22). The third kappa shape index (κ3) is 3.73. The second-order valence-electron chi connectivity index (χ2n) is 5.16. The van der Waals surface area contributed by atoms with Crippen molar-refractivity contribution in [1.29, 1.82) is 0 Å². The van der Waals surface area contributed by atoms with Gasteiger partial charge in [0, 0.05) is 20.1 Å². The van der Waals surface area contributed by atoms with Crippen LogP contribution in [0, 0.1) is 0 Å². The molecule has 2 rings (SSSR count). The largest absolute Gasteiger partial charge is 0.411 e. The molecule has 0 fully saturated rings. The Morgan fingerprint density at radius 3 is 2.57 bits per heavy atom. The van der Waals surface area contributed by atoms with Crippen LogP contribution in [0.3, 0.4) is 0 Å². The number of aromatic amines is 1. The van der Waals surface area contributed by atoms with E-state index in [4.69, 9.17) is 0 Å². The van der Waals surface area contributed by atoms with Crippen molar-refractivity contribution in [2.45, 2.75) is 19.1 Å². The molecule has 2 aromatic rings. The number of hydrogen-bond acceptors (Lipinski definition) is 5. The fourth-order valence-electron chi connectivity index (χ4n) is 2.05. The molecular weight excluding hydrogens is 319 g/mol. The van der Waals surface area contributed by atoms with E-state index in [-0.39, 0.29) is 23.7 Å². The fourth-order valence-corrected chi connectivity index (χ4v) is 2.05. The summed E-state index contributed by atoms with van der Waals surface area (Å²) in [5.74, 6) is 0.245. The first-order valence-corrected chi connectivity index (χ1v) is 6.67. The van der Waals surface area contributed by atoms with Gasteiger partial charge in [-0.1, -0.05) is 0 Å². The maximum absolute atomic E-state index is 12.0. The number of nitrogens with zero attached hydrogens (tertiary/aromatic N) is 3. The molecule has 0 saturated heterocycles. The van der Waals surface area contributed by atoms with Crippen molar-refractivity contribution in [3.05, 3.63) is 20.8 Å². The number of rotatable bonds is 5. The molecule has 0 aliphatic rings. The zero-order chi connectivity index (χ0) is 17.4. The van der Waals surface area contributed by atoms with Gasteiger partial charge in [-0.25, -0.2) is 4.79 Å². The van der Waals surface area contributed by atoms with Gasteiger partial charge in [-0.05, 0) is 6.92 Å². The Kier molecular flexibility index (Phi) is 4.50. The lowest BCUT2D eigenvalue weighted by Gasteiger charge is -2.15. The molecule has 2 aromatic heterocycles. The van der Waals surface area contributed by atoms with Gasteiger partial charge in [-0.3, -0.25) is 14.3 Å². The van der Waals surface area contributed by atoms with Crippen molar-refractivity contribution in [3.8, 4) is 0 Å². The molecule has 2 N–H and O–H groups in total. The minimum atomic E-state index is -4.39. The van der Waals surface area contributed by atoms with Gasteiger partial charge in [0.15, 0.2) is 11.2 Å². The van der Waals surface area contributed by atoms with Crippen molar-refractivity contribution in [2.75, 3.05) is 18.5 Å². The zero-order valence-corrected chi connectivity index (χ0v) is 12.7. The number of aromatic nitrogens is 4. The molecule has 0 amide bonds. The molecule has 0 aromatic carbocycles.